The summed E-state index contributed by atoms with van der Waals surface area (Å²) >= 11 is 6.20. The molecule has 94 valence electrons. The van der Waals surface area contributed by atoms with Gasteiger partial charge in [0.2, 0.25) is 0 Å². The average molecular weight is 264 g/mol. The number of aromatic nitrogens is 2. The summed E-state index contributed by atoms with van der Waals surface area (Å²) in [6.07, 6.45) is 0.947. The van der Waals surface area contributed by atoms with Gasteiger partial charge in [0.25, 0.3) is 0 Å². The van der Waals surface area contributed by atoms with E-state index in [9.17, 15) is 0 Å². The predicted molar refractivity (Wildman–Crippen MR) is 70.7 cm³/mol. The van der Waals surface area contributed by atoms with Crippen molar-refractivity contribution in [3.8, 4) is 17.0 Å². The Morgan fingerprint density at radius 2 is 2.33 bits per heavy atom. The molecule has 18 heavy (non-hydrogen) atoms. The molecule has 2 aromatic rings. The van der Waals surface area contributed by atoms with Crippen LogP contribution in [-0.4, -0.2) is 16.2 Å². The lowest BCUT2D eigenvalue weighted by Crippen LogP contribution is -2.05. The zero-order chi connectivity index (χ0) is 12.7. The fourth-order valence-electron chi connectivity index (χ4n) is 2.34. The Bertz CT molecular complexity index is 607. The molecule has 0 unspecified atom stereocenters. The van der Waals surface area contributed by atoms with Crippen molar-refractivity contribution in [2.24, 2.45) is 12.8 Å². The number of fused-ring (bicyclic) bond motifs is 1. The molecule has 0 bridgehead atoms. The first-order chi connectivity index (χ1) is 8.70. The molecule has 0 atom stereocenters. The van der Waals surface area contributed by atoms with Crippen molar-refractivity contribution in [2.75, 3.05) is 6.61 Å². The van der Waals surface area contributed by atoms with Crippen LogP contribution in [0.5, 0.6) is 5.75 Å². The Hall–Kier alpha value is -1.52. The second-order valence-electron chi connectivity index (χ2n) is 4.35. The van der Waals surface area contributed by atoms with Gasteiger partial charge < -0.3 is 15.0 Å². The number of hydrogen-bond acceptors (Lipinski definition) is 3. The second-order valence-corrected chi connectivity index (χ2v) is 4.71. The maximum absolute atomic E-state index is 6.20. The molecule has 5 heteroatoms. The number of nitrogens with two attached hydrogens (primary N) is 1. The Labute approximate surface area is 110 Å². The molecule has 1 aromatic heterocycles. The van der Waals surface area contributed by atoms with Crippen LogP contribution in [0.15, 0.2) is 18.2 Å². The van der Waals surface area contributed by atoms with Gasteiger partial charge in [0.15, 0.2) is 5.15 Å². The minimum Gasteiger partial charge on any atom is -0.493 e. The van der Waals surface area contributed by atoms with Crippen molar-refractivity contribution in [3.63, 3.8) is 0 Å². The molecule has 1 aromatic carbocycles. The molecule has 0 aliphatic carbocycles. The molecule has 2 N–H and O–H groups in total. The van der Waals surface area contributed by atoms with Gasteiger partial charge in [-0.15, -0.1) is 0 Å². The van der Waals surface area contributed by atoms with E-state index < -0.39 is 0 Å². The number of ether oxygens (including phenoxy) is 1. The largest absolute Gasteiger partial charge is 0.493 e. The van der Waals surface area contributed by atoms with Crippen LogP contribution >= 0.6 is 11.6 Å². The van der Waals surface area contributed by atoms with E-state index >= 15 is 0 Å². The van der Waals surface area contributed by atoms with E-state index in [-0.39, 0.29) is 0 Å². The van der Waals surface area contributed by atoms with Gasteiger partial charge >= 0.3 is 0 Å². The Morgan fingerprint density at radius 3 is 3.06 bits per heavy atom. The van der Waals surface area contributed by atoms with Crippen LogP contribution < -0.4 is 10.5 Å². The predicted octanol–water partition coefficient (Wildman–Crippen LogP) is 2.13. The van der Waals surface area contributed by atoms with Crippen molar-refractivity contribution < 1.29 is 4.74 Å². The normalized spacial score (nSPS) is 13.5. The third kappa shape index (κ3) is 1.69. The molecule has 0 radical (unpaired) electrons. The van der Waals surface area contributed by atoms with Crippen molar-refractivity contribution in [2.45, 2.75) is 13.0 Å². The lowest BCUT2D eigenvalue weighted by Gasteiger charge is -2.07. The van der Waals surface area contributed by atoms with Gasteiger partial charge in [0, 0.05) is 19.0 Å². The van der Waals surface area contributed by atoms with E-state index in [1.54, 1.807) is 0 Å². The molecule has 1 aliphatic heterocycles. The van der Waals surface area contributed by atoms with Gasteiger partial charge in [-0.3, -0.25) is 0 Å². The van der Waals surface area contributed by atoms with Crippen LogP contribution in [-0.2, 0) is 20.0 Å². The van der Waals surface area contributed by atoms with Crippen molar-refractivity contribution >= 4 is 11.6 Å². The molecule has 0 fully saturated rings. The highest BCUT2D eigenvalue weighted by Crippen LogP contribution is 2.33. The van der Waals surface area contributed by atoms with E-state index in [2.05, 4.69) is 11.1 Å². The minimum absolute atomic E-state index is 0.379. The first kappa shape index (κ1) is 11.6. The van der Waals surface area contributed by atoms with E-state index in [0.29, 0.717) is 11.7 Å². The molecule has 1 aliphatic rings. The summed E-state index contributed by atoms with van der Waals surface area (Å²) in [7, 11) is 1.93. The third-order valence-corrected chi connectivity index (χ3v) is 3.55. The number of benzene rings is 1. The van der Waals surface area contributed by atoms with E-state index in [1.165, 1.54) is 5.56 Å². The summed E-state index contributed by atoms with van der Waals surface area (Å²) in [5.41, 5.74) is 8.82. The molecule has 4 nitrogen and oxygen atoms in total. The molecule has 3 rings (SSSR count). The SMILES string of the molecule is Cn1c(CN)nc(Cl)c1-c1ccc2c(c1)CCO2. The number of rotatable bonds is 2. The van der Waals surface area contributed by atoms with Gasteiger partial charge in [-0.1, -0.05) is 11.6 Å². The fourth-order valence-corrected chi connectivity index (χ4v) is 2.67. The fraction of sp³-hybridized carbons (Fsp3) is 0.308. The smallest absolute Gasteiger partial charge is 0.155 e. The second kappa shape index (κ2) is 4.30. The highest BCUT2D eigenvalue weighted by Gasteiger charge is 2.17. The number of halogens is 1. The van der Waals surface area contributed by atoms with E-state index in [4.69, 9.17) is 22.1 Å². The number of hydrogen-bond donors (Lipinski definition) is 1. The molecule has 0 saturated carbocycles. The van der Waals surface area contributed by atoms with Crippen LogP contribution in [0.1, 0.15) is 11.4 Å². The third-order valence-electron chi connectivity index (χ3n) is 3.29. The first-order valence-corrected chi connectivity index (χ1v) is 6.25. The van der Waals surface area contributed by atoms with Gasteiger partial charge in [0.05, 0.1) is 18.8 Å². The van der Waals surface area contributed by atoms with Gasteiger partial charge in [-0.2, -0.15) is 0 Å². The van der Waals surface area contributed by atoms with E-state index in [0.717, 1.165) is 35.9 Å². The Kier molecular flexibility index (Phi) is 2.76. The van der Waals surface area contributed by atoms with Crippen molar-refractivity contribution in [1.29, 1.82) is 0 Å². The quantitative estimate of drug-likeness (QED) is 0.903. The van der Waals surface area contributed by atoms with Crippen molar-refractivity contribution in [1.82, 2.24) is 9.55 Å². The summed E-state index contributed by atoms with van der Waals surface area (Å²) in [4.78, 5) is 4.27. The van der Waals surface area contributed by atoms with Gasteiger partial charge in [0.1, 0.15) is 11.6 Å². The highest BCUT2D eigenvalue weighted by atomic mass is 35.5. The minimum atomic E-state index is 0.379. The summed E-state index contributed by atoms with van der Waals surface area (Å²) in [6, 6.07) is 6.11. The first-order valence-electron chi connectivity index (χ1n) is 5.88. The maximum atomic E-state index is 6.20. The highest BCUT2D eigenvalue weighted by molar-refractivity contribution is 6.32. The van der Waals surface area contributed by atoms with Crippen LogP contribution in [0.2, 0.25) is 5.15 Å². The summed E-state index contributed by atoms with van der Waals surface area (Å²) < 4.78 is 7.45. The Balaban J connectivity index is 2.12. The van der Waals surface area contributed by atoms with Crippen LogP contribution in [0, 0.1) is 0 Å². The lowest BCUT2D eigenvalue weighted by atomic mass is 10.1. The van der Waals surface area contributed by atoms with Crippen LogP contribution in [0.25, 0.3) is 11.3 Å². The molecule has 2 heterocycles. The molecular formula is C13H14ClN3O. The molecule has 0 saturated heterocycles. The van der Waals surface area contributed by atoms with Gasteiger partial charge in [-0.25, -0.2) is 4.98 Å². The lowest BCUT2D eigenvalue weighted by molar-refractivity contribution is 0.357. The average Bonchev–Trinajstić information content (AvgIpc) is 2.93. The summed E-state index contributed by atoms with van der Waals surface area (Å²) in [5.74, 6) is 1.75. The molecular weight excluding hydrogens is 250 g/mol. The van der Waals surface area contributed by atoms with Crippen LogP contribution in [0.4, 0.5) is 0 Å². The summed E-state index contributed by atoms with van der Waals surface area (Å²) in [6.45, 7) is 1.14. The number of nitrogens with zero attached hydrogens (tertiary/aromatic N) is 2. The number of imidazole rings is 1. The Morgan fingerprint density at radius 1 is 1.50 bits per heavy atom. The maximum Gasteiger partial charge on any atom is 0.155 e. The standard InChI is InChI=1S/C13H14ClN3O/c1-17-11(7-15)16-13(14)12(17)9-2-3-10-8(6-9)4-5-18-10/h2-3,6H,4-5,7,15H2,1H3. The molecule has 0 spiro atoms. The molecule has 0 amide bonds. The zero-order valence-corrected chi connectivity index (χ0v) is 10.9. The zero-order valence-electron chi connectivity index (χ0n) is 10.1. The topological polar surface area (TPSA) is 53.1 Å². The van der Waals surface area contributed by atoms with Crippen LogP contribution in [0.3, 0.4) is 0 Å². The van der Waals surface area contributed by atoms with E-state index in [1.807, 2.05) is 23.7 Å². The van der Waals surface area contributed by atoms with Crippen molar-refractivity contribution in [3.05, 3.63) is 34.7 Å². The monoisotopic (exact) mass is 263 g/mol. The van der Waals surface area contributed by atoms with Gasteiger partial charge in [-0.05, 0) is 23.8 Å². The summed E-state index contributed by atoms with van der Waals surface area (Å²) in [5, 5.41) is 0.497.